The zero-order chi connectivity index (χ0) is 21.5. The molecule has 4 heterocycles. The summed E-state index contributed by atoms with van der Waals surface area (Å²) in [4.78, 5) is 0.723. The molecule has 6 rings (SSSR count). The second-order valence-corrected chi connectivity index (χ2v) is 11.3. The van der Waals surface area contributed by atoms with Crippen LogP contribution in [0.2, 0.25) is 0 Å². The van der Waals surface area contributed by atoms with Crippen molar-refractivity contribution in [1.82, 2.24) is 14.5 Å². The number of nitrogens with zero attached hydrogens (tertiary/aromatic N) is 2. The van der Waals surface area contributed by atoms with Crippen LogP contribution in [0.5, 0.6) is 0 Å². The van der Waals surface area contributed by atoms with Crippen molar-refractivity contribution in [2.24, 2.45) is 7.05 Å². The van der Waals surface area contributed by atoms with Crippen molar-refractivity contribution < 1.29 is 8.42 Å². The molecule has 1 N–H and O–H groups in total. The fourth-order valence-corrected chi connectivity index (χ4v) is 6.97. The van der Waals surface area contributed by atoms with E-state index in [1.165, 1.54) is 17.7 Å². The van der Waals surface area contributed by atoms with Crippen LogP contribution < -0.4 is 5.32 Å². The van der Waals surface area contributed by atoms with E-state index in [0.29, 0.717) is 27.9 Å². The van der Waals surface area contributed by atoms with E-state index in [-0.39, 0.29) is 0 Å². The largest absolute Gasteiger partial charge is 0.347 e. The lowest BCUT2D eigenvalue weighted by Gasteiger charge is -2.23. The van der Waals surface area contributed by atoms with Crippen LogP contribution in [0.4, 0.5) is 0 Å². The summed E-state index contributed by atoms with van der Waals surface area (Å²) in [5, 5.41) is 5.73. The summed E-state index contributed by atoms with van der Waals surface area (Å²) in [5.41, 5.74) is 4.83. The minimum absolute atomic E-state index is 0.329. The first-order valence-corrected chi connectivity index (χ1v) is 12.6. The smallest absolute Gasteiger partial charge is 0.206 e. The summed E-state index contributed by atoms with van der Waals surface area (Å²) in [6.07, 6.45) is 5.35. The number of hydrogen-bond acceptors (Lipinski definition) is 3. The molecule has 0 aliphatic carbocycles. The molecule has 2 aromatic heterocycles. The number of rotatable bonds is 3. The molecule has 2 atom stereocenters. The summed E-state index contributed by atoms with van der Waals surface area (Å²) in [7, 11) is -1.50. The van der Waals surface area contributed by atoms with Gasteiger partial charge in [0, 0.05) is 65.3 Å². The Morgan fingerprint density at radius 2 is 1.74 bits per heavy atom. The van der Waals surface area contributed by atoms with Gasteiger partial charge < -0.3 is 14.5 Å². The summed E-state index contributed by atoms with van der Waals surface area (Å²) in [6, 6.07) is 14.3. The van der Waals surface area contributed by atoms with E-state index in [1.54, 1.807) is 18.2 Å². The maximum Gasteiger partial charge on any atom is 0.206 e. The predicted molar refractivity (Wildman–Crippen MR) is 123 cm³/mol. The SMILES string of the molecule is CC(C)n1ccc2cc(S(=O)(=O)c3ccc4c(c3)c3c(n4C)CC4CCC3N4)ccc21. The molecule has 2 unspecified atom stereocenters. The topological polar surface area (TPSA) is 56.0 Å². The van der Waals surface area contributed by atoms with Gasteiger partial charge in [-0.2, -0.15) is 0 Å². The lowest BCUT2D eigenvalue weighted by atomic mass is 9.99. The van der Waals surface area contributed by atoms with E-state index >= 15 is 0 Å². The summed E-state index contributed by atoms with van der Waals surface area (Å²) >= 11 is 0. The van der Waals surface area contributed by atoms with E-state index < -0.39 is 9.84 Å². The molecule has 0 amide bonds. The standard InChI is InChI=1S/C25H27N3O2S/c1-15(2)28-11-10-16-12-18(5-8-22(16)28)31(29,30)19-6-9-23-20(14-19)25-21-7-4-17(26-21)13-24(25)27(23)3/h5-6,8-12,14-15,17,21,26H,4,7,13H2,1-3H3. The molecular formula is C25H27N3O2S. The first kappa shape index (κ1) is 19.1. The van der Waals surface area contributed by atoms with Gasteiger partial charge in [0.15, 0.2) is 0 Å². The fraction of sp³-hybridized carbons (Fsp3) is 0.360. The third-order valence-corrected chi connectivity index (χ3v) is 8.98. The van der Waals surface area contributed by atoms with E-state index in [2.05, 4.69) is 35.3 Å². The quantitative estimate of drug-likeness (QED) is 0.500. The van der Waals surface area contributed by atoms with Crippen molar-refractivity contribution >= 4 is 31.6 Å². The number of nitrogens with one attached hydrogen (secondary N) is 1. The first-order chi connectivity index (χ1) is 14.8. The van der Waals surface area contributed by atoms with E-state index in [1.807, 2.05) is 30.5 Å². The lowest BCUT2D eigenvalue weighted by molar-refractivity contribution is 0.503. The van der Waals surface area contributed by atoms with Crippen molar-refractivity contribution in [3.05, 3.63) is 59.9 Å². The molecule has 6 heteroatoms. The highest BCUT2D eigenvalue weighted by Crippen LogP contribution is 2.42. The number of benzene rings is 2. The van der Waals surface area contributed by atoms with Crippen LogP contribution in [-0.4, -0.2) is 23.6 Å². The average molecular weight is 434 g/mol. The Bertz CT molecular complexity index is 1460. The van der Waals surface area contributed by atoms with Crippen LogP contribution in [0.25, 0.3) is 21.8 Å². The number of fused-ring (bicyclic) bond motifs is 7. The Kier molecular flexibility index (Phi) is 3.99. The molecule has 2 aromatic carbocycles. The van der Waals surface area contributed by atoms with Gasteiger partial charge in [0.05, 0.1) is 9.79 Å². The highest BCUT2D eigenvalue weighted by atomic mass is 32.2. The van der Waals surface area contributed by atoms with Crippen LogP contribution in [0.3, 0.4) is 0 Å². The molecule has 2 bridgehead atoms. The number of sulfone groups is 1. The maximum atomic E-state index is 13.6. The van der Waals surface area contributed by atoms with Crippen LogP contribution in [0.1, 0.15) is 50.0 Å². The Morgan fingerprint density at radius 1 is 1.00 bits per heavy atom. The van der Waals surface area contributed by atoms with Gasteiger partial charge in [-0.25, -0.2) is 8.42 Å². The minimum Gasteiger partial charge on any atom is -0.347 e. The molecular weight excluding hydrogens is 406 g/mol. The second kappa shape index (κ2) is 6.47. The Labute approximate surface area is 182 Å². The fourth-order valence-electron chi connectivity index (χ4n) is 5.64. The minimum atomic E-state index is -3.60. The summed E-state index contributed by atoms with van der Waals surface area (Å²) in [5.74, 6) is 0. The Balaban J connectivity index is 1.49. The van der Waals surface area contributed by atoms with Crippen molar-refractivity contribution in [3.8, 4) is 0 Å². The number of aromatic nitrogens is 2. The van der Waals surface area contributed by atoms with Crippen LogP contribution >= 0.6 is 0 Å². The van der Waals surface area contributed by atoms with Gasteiger partial charge in [-0.05, 0) is 74.7 Å². The Hall–Kier alpha value is -2.57. The summed E-state index contributed by atoms with van der Waals surface area (Å²) < 4.78 is 31.6. The molecule has 0 radical (unpaired) electrons. The lowest BCUT2D eigenvalue weighted by Crippen LogP contribution is -2.32. The molecule has 1 fully saturated rings. The van der Waals surface area contributed by atoms with E-state index in [9.17, 15) is 8.42 Å². The zero-order valence-electron chi connectivity index (χ0n) is 18.1. The Morgan fingerprint density at radius 3 is 2.52 bits per heavy atom. The molecule has 0 saturated carbocycles. The third kappa shape index (κ3) is 2.68. The molecule has 2 aliphatic heterocycles. The van der Waals surface area contributed by atoms with Gasteiger partial charge in [0.25, 0.3) is 0 Å². The predicted octanol–water partition coefficient (Wildman–Crippen LogP) is 4.90. The van der Waals surface area contributed by atoms with E-state index in [4.69, 9.17) is 0 Å². The van der Waals surface area contributed by atoms with Gasteiger partial charge in [-0.15, -0.1) is 0 Å². The van der Waals surface area contributed by atoms with Crippen molar-refractivity contribution in [2.45, 2.75) is 61.0 Å². The van der Waals surface area contributed by atoms with E-state index in [0.717, 1.165) is 34.6 Å². The van der Waals surface area contributed by atoms with Gasteiger partial charge in [0.2, 0.25) is 9.84 Å². The van der Waals surface area contributed by atoms with Gasteiger partial charge in [-0.1, -0.05) is 0 Å². The molecule has 2 aliphatic rings. The summed E-state index contributed by atoms with van der Waals surface area (Å²) in [6.45, 7) is 4.25. The zero-order valence-corrected chi connectivity index (χ0v) is 18.9. The monoisotopic (exact) mass is 433 g/mol. The van der Waals surface area contributed by atoms with Crippen molar-refractivity contribution in [1.29, 1.82) is 0 Å². The molecule has 1 saturated heterocycles. The number of aryl methyl sites for hydroxylation is 1. The maximum absolute atomic E-state index is 13.6. The molecule has 0 spiro atoms. The van der Waals surface area contributed by atoms with Gasteiger partial charge in [0.1, 0.15) is 0 Å². The van der Waals surface area contributed by atoms with Crippen LogP contribution in [-0.2, 0) is 23.3 Å². The molecule has 31 heavy (non-hydrogen) atoms. The first-order valence-electron chi connectivity index (χ1n) is 11.1. The van der Waals surface area contributed by atoms with Crippen molar-refractivity contribution in [2.75, 3.05) is 0 Å². The number of hydrogen-bond donors (Lipinski definition) is 1. The highest BCUT2D eigenvalue weighted by Gasteiger charge is 2.36. The third-order valence-electron chi connectivity index (χ3n) is 7.23. The average Bonchev–Trinajstić information content (AvgIpc) is 3.43. The molecule has 5 nitrogen and oxygen atoms in total. The van der Waals surface area contributed by atoms with Crippen molar-refractivity contribution in [3.63, 3.8) is 0 Å². The van der Waals surface area contributed by atoms with Crippen LogP contribution in [0, 0.1) is 0 Å². The normalized spacial score (nSPS) is 20.8. The van der Waals surface area contributed by atoms with Crippen LogP contribution in [0.15, 0.2) is 58.5 Å². The van der Waals surface area contributed by atoms with Gasteiger partial charge >= 0.3 is 0 Å². The molecule has 160 valence electrons. The second-order valence-electron chi connectivity index (χ2n) is 9.34. The van der Waals surface area contributed by atoms with Gasteiger partial charge in [-0.3, -0.25) is 0 Å². The molecule has 4 aromatic rings. The highest BCUT2D eigenvalue weighted by molar-refractivity contribution is 7.91.